The van der Waals surface area contributed by atoms with E-state index in [0.717, 1.165) is 0 Å². The summed E-state index contributed by atoms with van der Waals surface area (Å²) >= 11 is 0. The molecular weight excluding hydrogens is 250 g/mol. The Morgan fingerprint density at radius 3 is 2.74 bits per heavy atom. The molecule has 0 spiro atoms. The lowest BCUT2D eigenvalue weighted by atomic mass is 9.99. The van der Waals surface area contributed by atoms with Gasteiger partial charge in [0.15, 0.2) is 0 Å². The van der Waals surface area contributed by atoms with E-state index in [1.165, 1.54) is 0 Å². The van der Waals surface area contributed by atoms with E-state index in [1.54, 1.807) is 9.80 Å². The highest BCUT2D eigenvalue weighted by atomic mass is 16.4. The molecule has 2 saturated heterocycles. The highest BCUT2D eigenvalue weighted by Crippen LogP contribution is 2.18. The normalized spacial score (nSPS) is 24.6. The number of likely N-dealkylation sites (tertiary alicyclic amines) is 1. The summed E-state index contributed by atoms with van der Waals surface area (Å²) in [7, 11) is 0. The fourth-order valence-electron chi connectivity index (χ4n) is 2.51. The van der Waals surface area contributed by atoms with E-state index in [9.17, 15) is 14.4 Å². The first-order chi connectivity index (χ1) is 9.08. The molecule has 0 aliphatic carbocycles. The molecule has 2 fully saturated rings. The Hall–Kier alpha value is -1.79. The van der Waals surface area contributed by atoms with Crippen molar-refractivity contribution < 1.29 is 19.5 Å². The quantitative estimate of drug-likeness (QED) is 0.685. The number of aliphatic carboxylic acids is 1. The monoisotopic (exact) mass is 269 g/mol. The van der Waals surface area contributed by atoms with E-state index in [1.807, 2.05) is 0 Å². The van der Waals surface area contributed by atoms with Crippen LogP contribution in [0.25, 0.3) is 0 Å². The van der Waals surface area contributed by atoms with Gasteiger partial charge in [-0.25, -0.2) is 4.79 Å². The summed E-state index contributed by atoms with van der Waals surface area (Å²) in [4.78, 5) is 37.7. The molecule has 1 unspecified atom stereocenters. The number of hydrogen-bond donors (Lipinski definition) is 2. The minimum atomic E-state index is -0.842. The molecule has 3 amide bonds. The van der Waals surface area contributed by atoms with E-state index in [-0.39, 0.29) is 18.5 Å². The molecule has 0 aromatic heterocycles. The van der Waals surface area contributed by atoms with Crippen LogP contribution in [0.5, 0.6) is 0 Å². The van der Waals surface area contributed by atoms with Gasteiger partial charge in [0.1, 0.15) is 0 Å². The Morgan fingerprint density at radius 2 is 2.00 bits per heavy atom. The molecule has 2 aliphatic heterocycles. The fraction of sp³-hybridized carbons (Fsp3) is 0.750. The van der Waals surface area contributed by atoms with Crippen molar-refractivity contribution in [3.63, 3.8) is 0 Å². The van der Waals surface area contributed by atoms with Crippen LogP contribution in [-0.4, -0.2) is 65.5 Å². The van der Waals surface area contributed by atoms with Crippen molar-refractivity contribution in [2.24, 2.45) is 5.92 Å². The van der Waals surface area contributed by atoms with Crippen LogP contribution < -0.4 is 5.32 Å². The van der Waals surface area contributed by atoms with Crippen molar-refractivity contribution in [3.8, 4) is 0 Å². The molecule has 1 atom stereocenters. The van der Waals surface area contributed by atoms with E-state index in [2.05, 4.69) is 5.32 Å². The zero-order valence-electron chi connectivity index (χ0n) is 10.8. The summed E-state index contributed by atoms with van der Waals surface area (Å²) in [6, 6.07) is -0.151. The van der Waals surface area contributed by atoms with E-state index >= 15 is 0 Å². The SMILES string of the molecule is O=C1CCN(C(=O)N2CCCC(C(=O)O)C2)CCN1. The third-order valence-electron chi connectivity index (χ3n) is 3.62. The Bertz CT molecular complexity index is 385. The topological polar surface area (TPSA) is 90.0 Å². The first-order valence-corrected chi connectivity index (χ1v) is 6.61. The number of nitrogens with one attached hydrogen (secondary N) is 1. The van der Waals surface area contributed by atoms with Gasteiger partial charge in [-0.15, -0.1) is 0 Å². The van der Waals surface area contributed by atoms with Crippen LogP contribution in [0.3, 0.4) is 0 Å². The summed E-state index contributed by atoms with van der Waals surface area (Å²) in [5.74, 6) is -1.35. The number of carbonyl (C=O) groups excluding carboxylic acids is 2. The van der Waals surface area contributed by atoms with Crippen molar-refractivity contribution in [1.82, 2.24) is 15.1 Å². The first kappa shape index (κ1) is 13.6. The number of amides is 3. The second-order valence-corrected chi connectivity index (χ2v) is 4.99. The summed E-state index contributed by atoms with van der Waals surface area (Å²) in [5.41, 5.74) is 0. The van der Waals surface area contributed by atoms with Crippen LogP contribution >= 0.6 is 0 Å². The maximum atomic E-state index is 12.3. The molecule has 0 radical (unpaired) electrons. The van der Waals surface area contributed by atoms with Gasteiger partial charge in [0.25, 0.3) is 0 Å². The Labute approximate surface area is 111 Å². The lowest BCUT2D eigenvalue weighted by molar-refractivity contribution is -0.143. The summed E-state index contributed by atoms with van der Waals surface area (Å²) < 4.78 is 0. The number of carbonyl (C=O) groups is 3. The maximum Gasteiger partial charge on any atom is 0.320 e. The van der Waals surface area contributed by atoms with Gasteiger partial charge in [-0.3, -0.25) is 9.59 Å². The molecule has 106 valence electrons. The van der Waals surface area contributed by atoms with Crippen LogP contribution in [-0.2, 0) is 9.59 Å². The van der Waals surface area contributed by atoms with Crippen LogP contribution in [0.15, 0.2) is 0 Å². The molecule has 0 aromatic rings. The number of carboxylic acid groups (broad SMARTS) is 1. The highest BCUT2D eigenvalue weighted by molar-refractivity contribution is 5.80. The number of urea groups is 1. The van der Waals surface area contributed by atoms with Crippen LogP contribution in [0.4, 0.5) is 4.79 Å². The van der Waals surface area contributed by atoms with Gasteiger partial charge in [0.05, 0.1) is 5.92 Å². The molecule has 0 bridgehead atoms. The summed E-state index contributed by atoms with van der Waals surface area (Å²) in [6.45, 7) is 2.21. The fourth-order valence-corrected chi connectivity index (χ4v) is 2.51. The predicted octanol–water partition coefficient (Wildman–Crippen LogP) is -0.275. The lowest BCUT2D eigenvalue weighted by Gasteiger charge is -2.34. The Morgan fingerprint density at radius 1 is 1.21 bits per heavy atom. The first-order valence-electron chi connectivity index (χ1n) is 6.61. The number of nitrogens with zero attached hydrogens (tertiary/aromatic N) is 2. The number of rotatable bonds is 1. The zero-order valence-corrected chi connectivity index (χ0v) is 10.8. The number of hydrogen-bond acceptors (Lipinski definition) is 3. The van der Waals surface area contributed by atoms with Gasteiger partial charge in [0, 0.05) is 39.1 Å². The van der Waals surface area contributed by atoms with Crippen molar-refractivity contribution in [3.05, 3.63) is 0 Å². The zero-order chi connectivity index (χ0) is 13.8. The molecule has 2 aliphatic rings. The molecule has 7 nitrogen and oxygen atoms in total. The molecule has 19 heavy (non-hydrogen) atoms. The average Bonchev–Trinajstić information content (AvgIpc) is 2.63. The van der Waals surface area contributed by atoms with E-state index in [0.29, 0.717) is 45.4 Å². The largest absolute Gasteiger partial charge is 0.481 e. The van der Waals surface area contributed by atoms with E-state index in [4.69, 9.17) is 5.11 Å². The molecule has 2 rings (SSSR count). The summed E-state index contributed by atoms with van der Waals surface area (Å²) in [6.07, 6.45) is 1.65. The van der Waals surface area contributed by atoms with Gasteiger partial charge in [-0.2, -0.15) is 0 Å². The van der Waals surface area contributed by atoms with Gasteiger partial charge < -0.3 is 20.2 Å². The van der Waals surface area contributed by atoms with Gasteiger partial charge >= 0.3 is 12.0 Å². The van der Waals surface area contributed by atoms with Crippen LogP contribution in [0.2, 0.25) is 0 Å². The Balaban J connectivity index is 1.94. The molecule has 0 aromatic carbocycles. The number of piperidine rings is 1. The second kappa shape index (κ2) is 5.90. The van der Waals surface area contributed by atoms with Crippen molar-refractivity contribution >= 4 is 17.9 Å². The van der Waals surface area contributed by atoms with Crippen molar-refractivity contribution in [2.75, 3.05) is 32.7 Å². The number of carboxylic acids is 1. The van der Waals surface area contributed by atoms with Crippen molar-refractivity contribution in [2.45, 2.75) is 19.3 Å². The highest BCUT2D eigenvalue weighted by Gasteiger charge is 2.31. The maximum absolute atomic E-state index is 12.3. The Kier molecular flexibility index (Phi) is 4.24. The standard InChI is InChI=1S/C12H19N3O4/c16-10-3-6-14(7-4-13-10)12(19)15-5-1-2-9(8-15)11(17)18/h9H,1-8H2,(H,13,16)(H,17,18). The van der Waals surface area contributed by atoms with Gasteiger partial charge in [-0.1, -0.05) is 0 Å². The van der Waals surface area contributed by atoms with Crippen molar-refractivity contribution in [1.29, 1.82) is 0 Å². The molecule has 7 heteroatoms. The lowest BCUT2D eigenvalue weighted by Crippen LogP contribution is -2.49. The molecule has 2 N–H and O–H groups in total. The minimum Gasteiger partial charge on any atom is -0.481 e. The summed E-state index contributed by atoms with van der Waals surface area (Å²) in [5, 5.41) is 11.7. The van der Waals surface area contributed by atoms with Crippen LogP contribution in [0.1, 0.15) is 19.3 Å². The second-order valence-electron chi connectivity index (χ2n) is 4.99. The molecule has 2 heterocycles. The molecule has 0 saturated carbocycles. The predicted molar refractivity (Wildman–Crippen MR) is 66.5 cm³/mol. The molecular formula is C12H19N3O4. The van der Waals surface area contributed by atoms with Crippen LogP contribution in [0, 0.1) is 5.92 Å². The average molecular weight is 269 g/mol. The smallest absolute Gasteiger partial charge is 0.320 e. The van der Waals surface area contributed by atoms with E-state index < -0.39 is 11.9 Å². The van der Waals surface area contributed by atoms with Gasteiger partial charge in [-0.05, 0) is 12.8 Å². The van der Waals surface area contributed by atoms with Gasteiger partial charge in [0.2, 0.25) is 5.91 Å². The third kappa shape index (κ3) is 3.36. The third-order valence-corrected chi connectivity index (χ3v) is 3.62. The minimum absolute atomic E-state index is 0.0441.